The summed E-state index contributed by atoms with van der Waals surface area (Å²) < 4.78 is 30.3. The van der Waals surface area contributed by atoms with E-state index in [0.717, 1.165) is 55.6 Å². The minimum atomic E-state index is -1.81. The lowest BCUT2D eigenvalue weighted by molar-refractivity contribution is -0.155. The molecule has 2 saturated heterocycles. The molecule has 6 aromatic carbocycles. The maximum atomic E-state index is 14.5. The highest BCUT2D eigenvalue weighted by molar-refractivity contribution is 8.27. The van der Waals surface area contributed by atoms with E-state index in [0.29, 0.717) is 60.2 Å². The Balaban J connectivity index is 1.04. The summed E-state index contributed by atoms with van der Waals surface area (Å²) in [6.45, 7) is 2.75. The van der Waals surface area contributed by atoms with Crippen molar-refractivity contribution in [2.75, 3.05) is 19.8 Å². The predicted molar refractivity (Wildman–Crippen MR) is 289 cm³/mol. The lowest BCUT2D eigenvalue weighted by atomic mass is 10.0. The molecule has 2 aliphatic rings. The summed E-state index contributed by atoms with van der Waals surface area (Å²) in [7, 11) is 0. The summed E-state index contributed by atoms with van der Waals surface area (Å²) in [5.74, 6) is -1.65. The first-order chi connectivity index (χ1) is 35.1. The number of thiocarbonyl (C=S) groups is 2. The fourth-order valence-electron chi connectivity index (χ4n) is 7.78. The second-order valence-electron chi connectivity index (χ2n) is 16.3. The van der Waals surface area contributed by atoms with Crippen molar-refractivity contribution < 1.29 is 42.9 Å². The molecule has 2 N–H and O–H groups in total. The van der Waals surface area contributed by atoms with Crippen LogP contribution in [0.15, 0.2) is 168 Å². The van der Waals surface area contributed by atoms with Crippen molar-refractivity contribution in [2.24, 2.45) is 5.73 Å². The molecule has 72 heavy (non-hydrogen) atoms. The standard InChI is InChI=1S/C56H49N3O9S4/c1-2-64-54(63)50(59-53(62)48(72-56(59)70)34-42-24-26-44(66-30-28-38-17-9-4-10-18-38)46(32-42)68-36-40-21-13-6-14-22-40)49(51(57)60)58-52(61)47(71-55(58)69)33-41-23-25-43(65-29-27-37-15-7-3-8-16-37)45(31-41)67-35-39-19-11-5-12-20-39/h3-26,31-34,49-50H,2,27-30,35-36H2,1H3,(H2,57,60). The molecule has 0 aliphatic carbocycles. The summed E-state index contributed by atoms with van der Waals surface area (Å²) in [5, 5.41) is 0. The van der Waals surface area contributed by atoms with Gasteiger partial charge in [-0.3, -0.25) is 24.2 Å². The highest BCUT2D eigenvalue weighted by Gasteiger charge is 2.53. The van der Waals surface area contributed by atoms with Crippen LogP contribution in [0.3, 0.4) is 0 Å². The predicted octanol–water partition coefficient (Wildman–Crippen LogP) is 9.98. The van der Waals surface area contributed by atoms with E-state index >= 15 is 0 Å². The Morgan fingerprint density at radius 2 is 0.931 bits per heavy atom. The minimum absolute atomic E-state index is 0.0629. The molecule has 3 amide bonds. The Morgan fingerprint density at radius 1 is 0.542 bits per heavy atom. The monoisotopic (exact) mass is 1040 g/mol. The Labute approximate surface area is 437 Å². The molecule has 0 bridgehead atoms. The van der Waals surface area contributed by atoms with Gasteiger partial charge in [0.15, 0.2) is 29.0 Å². The third kappa shape index (κ3) is 13.0. The molecule has 2 fully saturated rings. The van der Waals surface area contributed by atoms with Crippen LogP contribution < -0.4 is 24.7 Å². The van der Waals surface area contributed by atoms with Crippen LogP contribution >= 0.6 is 48.0 Å². The molecule has 0 aromatic heterocycles. The van der Waals surface area contributed by atoms with Gasteiger partial charge in [-0.25, -0.2) is 4.79 Å². The van der Waals surface area contributed by atoms with E-state index in [1.807, 2.05) is 121 Å². The number of carbonyl (C=O) groups excluding carboxylic acids is 4. The number of esters is 1. The first-order valence-electron chi connectivity index (χ1n) is 23.0. The fourth-order valence-corrected chi connectivity index (χ4v) is 10.4. The lowest BCUT2D eigenvalue weighted by Crippen LogP contribution is -2.63. The van der Waals surface area contributed by atoms with Gasteiger partial charge in [0, 0.05) is 12.8 Å². The molecule has 16 heteroatoms. The number of nitrogens with two attached hydrogens (primary N) is 1. The summed E-state index contributed by atoms with van der Waals surface area (Å²) in [5.41, 5.74) is 11.3. The normalized spacial score (nSPS) is 15.5. The quantitative estimate of drug-likeness (QED) is 0.0391. The van der Waals surface area contributed by atoms with Crippen molar-refractivity contribution in [3.8, 4) is 23.0 Å². The number of ether oxygens (including phenoxy) is 5. The van der Waals surface area contributed by atoms with Crippen molar-refractivity contribution in [1.82, 2.24) is 9.80 Å². The molecule has 366 valence electrons. The first-order valence-corrected chi connectivity index (χ1v) is 25.5. The Morgan fingerprint density at radius 3 is 1.32 bits per heavy atom. The number of amides is 3. The average Bonchev–Trinajstić information content (AvgIpc) is 3.82. The number of nitrogens with zero attached hydrogens (tertiary/aromatic N) is 2. The van der Waals surface area contributed by atoms with E-state index in [1.165, 1.54) is 0 Å². The maximum Gasteiger partial charge on any atom is 0.332 e. The molecule has 2 aliphatic heterocycles. The summed E-state index contributed by atoms with van der Waals surface area (Å²) in [6, 6.07) is 46.2. The van der Waals surface area contributed by atoms with Crippen LogP contribution in [-0.2, 0) is 50.0 Å². The molecule has 0 saturated carbocycles. The minimum Gasteiger partial charge on any atom is -0.489 e. The zero-order chi connectivity index (χ0) is 50.4. The van der Waals surface area contributed by atoms with E-state index < -0.39 is 35.8 Å². The second-order valence-corrected chi connectivity index (χ2v) is 19.6. The summed E-state index contributed by atoms with van der Waals surface area (Å²) >= 11 is 13.3. The van der Waals surface area contributed by atoms with Crippen molar-refractivity contribution in [2.45, 2.75) is 45.1 Å². The van der Waals surface area contributed by atoms with E-state index in [2.05, 4.69) is 0 Å². The fraction of sp³-hybridized carbons (Fsp3) is 0.179. The molecule has 2 atom stereocenters. The van der Waals surface area contributed by atoms with Gasteiger partial charge in [0.1, 0.15) is 27.9 Å². The number of rotatable bonds is 22. The molecule has 0 spiro atoms. The van der Waals surface area contributed by atoms with Gasteiger partial charge >= 0.3 is 5.97 Å². The number of carbonyl (C=O) groups is 4. The van der Waals surface area contributed by atoms with Gasteiger partial charge in [-0.1, -0.05) is 181 Å². The molecule has 0 radical (unpaired) electrons. The van der Waals surface area contributed by atoms with Gasteiger partial charge in [-0.2, -0.15) is 0 Å². The van der Waals surface area contributed by atoms with Gasteiger partial charge in [-0.05, 0) is 76.7 Å². The van der Waals surface area contributed by atoms with Gasteiger partial charge in [0.05, 0.1) is 29.6 Å². The molecule has 12 nitrogen and oxygen atoms in total. The number of hydrogen-bond acceptors (Lipinski definition) is 13. The maximum absolute atomic E-state index is 14.5. The van der Waals surface area contributed by atoms with Crippen LogP contribution in [0.25, 0.3) is 12.2 Å². The van der Waals surface area contributed by atoms with Crippen LogP contribution in [0.5, 0.6) is 23.0 Å². The highest BCUT2D eigenvalue weighted by Crippen LogP contribution is 2.41. The van der Waals surface area contributed by atoms with E-state index in [9.17, 15) is 19.2 Å². The largest absolute Gasteiger partial charge is 0.489 e. The second kappa shape index (κ2) is 24.7. The third-order valence-electron chi connectivity index (χ3n) is 11.3. The smallest absolute Gasteiger partial charge is 0.332 e. The molecule has 2 heterocycles. The van der Waals surface area contributed by atoms with E-state index in [1.54, 1.807) is 55.5 Å². The van der Waals surface area contributed by atoms with E-state index in [4.69, 9.17) is 53.9 Å². The van der Waals surface area contributed by atoms with Crippen LogP contribution in [0, 0.1) is 0 Å². The van der Waals surface area contributed by atoms with Crippen LogP contribution in [0.4, 0.5) is 0 Å². The summed E-state index contributed by atoms with van der Waals surface area (Å²) in [4.78, 5) is 58.9. The van der Waals surface area contributed by atoms with Gasteiger partial charge in [-0.15, -0.1) is 0 Å². The van der Waals surface area contributed by atoms with Gasteiger partial charge in [0.25, 0.3) is 11.8 Å². The van der Waals surface area contributed by atoms with Gasteiger partial charge in [0.2, 0.25) is 5.91 Å². The number of benzene rings is 6. The number of thioether (sulfide) groups is 2. The van der Waals surface area contributed by atoms with Crippen molar-refractivity contribution in [3.05, 3.63) is 201 Å². The number of hydrogen-bond donors (Lipinski definition) is 1. The third-order valence-corrected chi connectivity index (χ3v) is 14.0. The first kappa shape index (κ1) is 51.1. The Hall–Kier alpha value is -7.24. The highest BCUT2D eigenvalue weighted by atomic mass is 32.2. The van der Waals surface area contributed by atoms with Gasteiger partial charge < -0.3 is 29.4 Å². The lowest BCUT2D eigenvalue weighted by Gasteiger charge is -2.34. The van der Waals surface area contributed by atoms with E-state index in [-0.39, 0.29) is 38.3 Å². The molecular formula is C56H49N3O9S4. The SMILES string of the molecule is CCOC(=O)C(C(C(N)=O)N1C(=O)C(=Cc2ccc(OCCc3ccccc3)c(OCc3ccccc3)c2)SC1=S)N1C(=O)C(=Cc2ccc(OCCc3ccccc3)c(OCc3ccccc3)c2)SC1=S. The molecule has 2 unspecified atom stereocenters. The Bertz CT molecular complexity index is 2990. The number of primary amides is 1. The van der Waals surface area contributed by atoms with Crippen molar-refractivity contribution >= 4 is 92.4 Å². The zero-order valence-corrected chi connectivity index (χ0v) is 42.3. The van der Waals surface area contributed by atoms with Crippen LogP contribution in [-0.4, -0.2) is 74.0 Å². The molecule has 8 rings (SSSR count). The molecular weight excluding hydrogens is 987 g/mol. The van der Waals surface area contributed by atoms with Crippen molar-refractivity contribution in [1.29, 1.82) is 0 Å². The zero-order valence-electron chi connectivity index (χ0n) is 39.0. The Kier molecular flexibility index (Phi) is 17.6. The van der Waals surface area contributed by atoms with Crippen molar-refractivity contribution in [3.63, 3.8) is 0 Å². The molecule has 6 aromatic rings. The topological polar surface area (TPSA) is 147 Å². The van der Waals surface area contributed by atoms with Crippen LogP contribution in [0.1, 0.15) is 40.3 Å². The summed E-state index contributed by atoms with van der Waals surface area (Å²) in [6.07, 6.45) is 4.54. The average molecular weight is 1040 g/mol. The van der Waals surface area contributed by atoms with Crippen LogP contribution in [0.2, 0.25) is 0 Å².